The van der Waals surface area contributed by atoms with Crippen molar-refractivity contribution in [2.75, 3.05) is 72.5 Å². The van der Waals surface area contributed by atoms with Gasteiger partial charge in [-0.15, -0.1) is 0 Å². The molecule has 188 valence electrons. The lowest BCUT2D eigenvalue weighted by Crippen LogP contribution is -2.50. The minimum atomic E-state index is -0.894. The molecule has 2 fully saturated rings. The van der Waals surface area contributed by atoms with Gasteiger partial charge >= 0.3 is 5.97 Å². The third-order valence-electron chi connectivity index (χ3n) is 6.15. The predicted molar refractivity (Wildman–Crippen MR) is 124 cm³/mol. The smallest absolute Gasteiger partial charge is 0.303 e. The summed E-state index contributed by atoms with van der Waals surface area (Å²) in [6, 6.07) is 0.415. The zero-order valence-electron chi connectivity index (χ0n) is 19.8. The lowest BCUT2D eigenvalue weighted by Gasteiger charge is -2.36. The number of carbonyl (C=O) groups excluding carboxylic acids is 3. The molecule has 0 spiro atoms. The molecule has 2 rings (SSSR count). The fraction of sp³-hybridized carbons (Fsp3) is 0.818. The number of carboxylic acids is 1. The fourth-order valence-corrected chi connectivity index (χ4v) is 4.15. The van der Waals surface area contributed by atoms with Crippen LogP contribution in [0.2, 0.25) is 0 Å². The van der Waals surface area contributed by atoms with Crippen molar-refractivity contribution in [3.05, 3.63) is 0 Å². The number of hydrogen-bond donors (Lipinski definition) is 4. The van der Waals surface area contributed by atoms with Gasteiger partial charge in [-0.1, -0.05) is 0 Å². The molecule has 0 aromatic carbocycles. The Labute approximate surface area is 196 Å². The summed E-state index contributed by atoms with van der Waals surface area (Å²) < 4.78 is 0. The third-order valence-corrected chi connectivity index (χ3v) is 6.15. The Morgan fingerprint density at radius 3 is 2.06 bits per heavy atom. The van der Waals surface area contributed by atoms with Crippen molar-refractivity contribution in [1.29, 1.82) is 0 Å². The van der Waals surface area contributed by atoms with Crippen LogP contribution in [0.1, 0.15) is 38.5 Å². The third kappa shape index (κ3) is 11.4. The van der Waals surface area contributed by atoms with Gasteiger partial charge in [0.05, 0.1) is 6.54 Å². The summed E-state index contributed by atoms with van der Waals surface area (Å²) in [5.41, 5.74) is 0. The van der Waals surface area contributed by atoms with Gasteiger partial charge in [0.15, 0.2) is 0 Å². The van der Waals surface area contributed by atoms with Crippen LogP contribution in [-0.4, -0.2) is 122 Å². The first-order chi connectivity index (χ1) is 15.8. The highest BCUT2D eigenvalue weighted by Crippen LogP contribution is 2.18. The Morgan fingerprint density at radius 2 is 1.42 bits per heavy atom. The van der Waals surface area contributed by atoms with Crippen LogP contribution in [0.15, 0.2) is 0 Å². The van der Waals surface area contributed by atoms with Crippen molar-refractivity contribution in [2.45, 2.75) is 44.6 Å². The topological polar surface area (TPSA) is 134 Å². The average Bonchev–Trinajstić information content (AvgIpc) is 3.19. The van der Waals surface area contributed by atoms with Crippen LogP contribution in [0, 0.1) is 0 Å². The second-order valence-corrected chi connectivity index (χ2v) is 8.92. The second kappa shape index (κ2) is 14.8. The Hall–Kier alpha value is -2.24. The van der Waals surface area contributed by atoms with Crippen LogP contribution < -0.4 is 16.0 Å². The van der Waals surface area contributed by atoms with Crippen LogP contribution in [0.3, 0.4) is 0 Å². The van der Waals surface area contributed by atoms with Gasteiger partial charge in [-0.3, -0.25) is 29.0 Å². The largest absolute Gasteiger partial charge is 0.481 e. The van der Waals surface area contributed by atoms with Crippen molar-refractivity contribution >= 4 is 23.7 Å². The predicted octanol–water partition coefficient (Wildman–Crippen LogP) is -1.31. The van der Waals surface area contributed by atoms with E-state index in [9.17, 15) is 19.2 Å². The molecule has 11 heteroatoms. The molecule has 0 aromatic heterocycles. The summed E-state index contributed by atoms with van der Waals surface area (Å²) in [4.78, 5) is 53.4. The number of piperazine rings is 1. The quantitative estimate of drug-likeness (QED) is 0.136. The molecular formula is C22H40N6O5. The lowest BCUT2D eigenvalue weighted by atomic mass is 10.3. The number of nitrogens with zero attached hydrogens (tertiary/aromatic N) is 3. The number of hydrogen-bond acceptors (Lipinski definition) is 7. The van der Waals surface area contributed by atoms with Crippen LogP contribution in [0.5, 0.6) is 0 Å². The number of nitrogens with one attached hydrogen (secondary N) is 3. The van der Waals surface area contributed by atoms with Crippen LogP contribution >= 0.6 is 0 Å². The molecule has 1 unspecified atom stereocenters. The lowest BCUT2D eigenvalue weighted by molar-refractivity contribution is -0.137. The van der Waals surface area contributed by atoms with Gasteiger partial charge in [0.2, 0.25) is 17.7 Å². The number of rotatable bonds is 14. The van der Waals surface area contributed by atoms with E-state index in [1.165, 1.54) is 0 Å². The van der Waals surface area contributed by atoms with Crippen molar-refractivity contribution in [3.8, 4) is 0 Å². The van der Waals surface area contributed by atoms with E-state index >= 15 is 0 Å². The van der Waals surface area contributed by atoms with E-state index in [0.717, 1.165) is 52.1 Å². The van der Waals surface area contributed by atoms with Gasteiger partial charge in [0, 0.05) is 77.7 Å². The van der Waals surface area contributed by atoms with Crippen LogP contribution in [0.4, 0.5) is 0 Å². The molecule has 2 aliphatic rings. The molecule has 2 aliphatic heterocycles. The summed E-state index contributed by atoms with van der Waals surface area (Å²) in [6.45, 7) is 7.42. The highest BCUT2D eigenvalue weighted by molar-refractivity contribution is 5.81. The maximum atomic E-state index is 12.3. The second-order valence-electron chi connectivity index (χ2n) is 8.92. The average molecular weight is 482 g/mol. The molecular weight excluding hydrogens is 442 g/mol. The van der Waals surface area contributed by atoms with Gasteiger partial charge in [-0.2, -0.15) is 0 Å². The highest BCUT2D eigenvalue weighted by atomic mass is 16.4. The first-order valence-corrected chi connectivity index (χ1v) is 12.0. The highest BCUT2D eigenvalue weighted by Gasteiger charge is 2.28. The SMILES string of the molecule is [13CH3][15N]1CC[15N]([13CH2][13CH]2[13CH2][13CH2][13CH2][15N]2CC(=O)N[13CH2][13CH2][13C](=O)NCCC(=O)NCCCC(=O)O)[13CH2][13CH2]1. The number of likely N-dealkylation sites (tertiary alicyclic amines) is 1. The summed E-state index contributed by atoms with van der Waals surface area (Å²) in [5, 5.41) is 16.6. The molecule has 0 radical (unpaired) electrons. The number of carbonyl (C=O) groups is 4. The van der Waals surface area contributed by atoms with E-state index < -0.39 is 5.97 Å². The molecule has 4 N–H and O–H groups in total. The molecule has 0 bridgehead atoms. The number of carboxylic acid groups (broad SMARTS) is 1. The van der Waals surface area contributed by atoms with Crippen molar-refractivity contribution in [3.63, 3.8) is 0 Å². The normalized spacial score (nSPS) is 19.8. The minimum absolute atomic E-state index is 0.0113. The molecule has 0 aromatic rings. The summed E-state index contributed by atoms with van der Waals surface area (Å²) in [5.74, 6) is -1.41. The zero-order valence-corrected chi connectivity index (χ0v) is 19.8. The van der Waals surface area contributed by atoms with Gasteiger partial charge in [-0.25, -0.2) is 0 Å². The van der Waals surface area contributed by atoms with Crippen LogP contribution in [-0.2, 0) is 19.2 Å². The maximum Gasteiger partial charge on any atom is 0.303 e. The molecule has 2 saturated heterocycles. The number of amides is 3. The van der Waals surface area contributed by atoms with Crippen molar-refractivity contribution < 1.29 is 24.3 Å². The molecule has 3 amide bonds. The van der Waals surface area contributed by atoms with Gasteiger partial charge in [0.25, 0.3) is 0 Å². The molecule has 11 nitrogen and oxygen atoms in total. The first-order valence-electron chi connectivity index (χ1n) is 12.0. The van der Waals surface area contributed by atoms with Gasteiger partial charge in [0.1, 0.15) is 0 Å². The Morgan fingerprint density at radius 1 is 0.818 bits per heavy atom. The molecule has 0 aliphatic carbocycles. The molecule has 1 atom stereocenters. The fourth-order valence-electron chi connectivity index (χ4n) is 4.15. The van der Waals surface area contributed by atoms with E-state index in [2.05, 4.69) is 37.7 Å². The van der Waals surface area contributed by atoms with Crippen LogP contribution in [0.25, 0.3) is 0 Å². The first kappa shape index (κ1) is 27.0. The van der Waals surface area contributed by atoms with Crippen molar-refractivity contribution in [1.82, 2.24) is 30.7 Å². The van der Waals surface area contributed by atoms with Crippen molar-refractivity contribution in [2.24, 2.45) is 0 Å². The van der Waals surface area contributed by atoms with Gasteiger partial charge in [-0.05, 0) is 32.9 Å². The Bertz CT molecular complexity index is 653. The van der Waals surface area contributed by atoms with E-state index in [1.807, 2.05) is 0 Å². The summed E-state index contributed by atoms with van der Waals surface area (Å²) in [7, 11) is 2.15. The molecule has 2 heterocycles. The number of likely N-dealkylation sites (N-methyl/N-ethyl adjacent to an activating group) is 1. The standard InChI is InChI=1S/C22H40N6O5/c1-26-12-14-27(15-13-26)16-18-4-3-11-28(18)17-21(31)25-10-7-20(30)24-9-6-19(29)23-8-2-5-22(32)33/h18H,2-17H2,1H3,(H,23,29)(H,24,30)(H,25,31)(H,32,33)/i1+1,3+1,4+1,7+1,10+1,11+1,12+1,14+1,16+1,18+1,20+1,26+1,27+1,28+1. The van der Waals surface area contributed by atoms with Gasteiger partial charge < -0.3 is 26.0 Å². The zero-order chi connectivity index (χ0) is 24.1. The molecule has 0 saturated carbocycles. The molecule has 33 heavy (non-hydrogen) atoms. The minimum Gasteiger partial charge on any atom is -0.481 e. The Balaban J connectivity index is 1.52. The van der Waals surface area contributed by atoms with E-state index in [-0.39, 0.29) is 50.1 Å². The van der Waals surface area contributed by atoms with E-state index in [0.29, 0.717) is 25.6 Å². The van der Waals surface area contributed by atoms with E-state index in [4.69, 9.17) is 5.11 Å². The Kier molecular flexibility index (Phi) is 12.1. The van der Waals surface area contributed by atoms with E-state index in [1.54, 1.807) is 0 Å². The monoisotopic (exact) mass is 482 g/mol. The summed E-state index contributed by atoms with van der Waals surface area (Å²) in [6.07, 6.45) is 2.92. The number of aliphatic carboxylic acids is 1. The summed E-state index contributed by atoms with van der Waals surface area (Å²) >= 11 is 0. The maximum absolute atomic E-state index is 12.3.